The number of hydrogen-bond donors (Lipinski definition) is 1. The molecule has 0 radical (unpaired) electrons. The number of carbonyl (C=O) groups is 1. The summed E-state index contributed by atoms with van der Waals surface area (Å²) >= 11 is 3.39. The largest absolute Gasteiger partial charge is 0.573 e. The lowest BCUT2D eigenvalue weighted by molar-refractivity contribution is -0.275. The minimum absolute atomic E-state index is 0.0758. The van der Waals surface area contributed by atoms with Crippen LogP contribution in [0.2, 0.25) is 0 Å². The van der Waals surface area contributed by atoms with Crippen molar-refractivity contribution in [2.75, 3.05) is 13.2 Å². The van der Waals surface area contributed by atoms with Gasteiger partial charge in [0, 0.05) is 17.2 Å². The fourth-order valence-corrected chi connectivity index (χ4v) is 4.62. The van der Waals surface area contributed by atoms with E-state index < -0.39 is 45.0 Å². The molecule has 1 aromatic heterocycles. The summed E-state index contributed by atoms with van der Waals surface area (Å²) in [5.41, 5.74) is -1.05. The van der Waals surface area contributed by atoms with Crippen molar-refractivity contribution in [3.8, 4) is 5.75 Å². The molecule has 12 heteroatoms. The first-order valence-electron chi connectivity index (χ1n) is 10.2. The first-order valence-corrected chi connectivity index (χ1v) is 12.1. The zero-order valence-corrected chi connectivity index (χ0v) is 21.4. The van der Waals surface area contributed by atoms with Gasteiger partial charge in [0.15, 0.2) is 11.6 Å². The van der Waals surface area contributed by atoms with Crippen LogP contribution in [0.25, 0.3) is 0 Å². The maximum Gasteiger partial charge on any atom is 0.573 e. The number of rotatable bonds is 9. The molecule has 188 valence electrons. The monoisotopic (exact) mass is 568 g/mol. The standard InChI is InChI=1S/C22H25BrF4N2O4S/c1-5-32-18(30)12-21(13-29-34(31)20(2,3)4,19-15(23)7-6-10-28-19)14-8-9-17(16(24)11-14)33-22(25,26)27/h6-11,29H,5,12-13H2,1-4H3/t21-,34+/m0/s1. The molecule has 0 unspecified atom stereocenters. The van der Waals surface area contributed by atoms with Crippen LogP contribution in [-0.4, -0.2) is 39.4 Å². The highest BCUT2D eigenvalue weighted by molar-refractivity contribution is 9.10. The van der Waals surface area contributed by atoms with Crippen molar-refractivity contribution in [3.63, 3.8) is 0 Å². The van der Waals surface area contributed by atoms with Gasteiger partial charge in [0.05, 0.1) is 39.9 Å². The van der Waals surface area contributed by atoms with Crippen molar-refractivity contribution in [2.45, 2.75) is 50.6 Å². The molecule has 0 aliphatic heterocycles. The number of pyridine rings is 1. The summed E-state index contributed by atoms with van der Waals surface area (Å²) in [6.45, 7) is 6.75. The van der Waals surface area contributed by atoms with E-state index in [2.05, 4.69) is 30.4 Å². The lowest BCUT2D eigenvalue weighted by Crippen LogP contribution is -2.46. The molecule has 0 saturated heterocycles. The van der Waals surface area contributed by atoms with Crippen LogP contribution in [0.4, 0.5) is 17.6 Å². The number of carbonyl (C=O) groups excluding carboxylic acids is 1. The minimum Gasteiger partial charge on any atom is -0.466 e. The summed E-state index contributed by atoms with van der Waals surface area (Å²) < 4.78 is 77.0. The van der Waals surface area contributed by atoms with Crippen molar-refractivity contribution in [3.05, 3.63) is 58.1 Å². The van der Waals surface area contributed by atoms with Gasteiger partial charge in [-0.25, -0.2) is 13.3 Å². The molecule has 0 spiro atoms. The smallest absolute Gasteiger partial charge is 0.466 e. The summed E-state index contributed by atoms with van der Waals surface area (Å²) in [5.74, 6) is -2.96. The van der Waals surface area contributed by atoms with Gasteiger partial charge in [-0.05, 0) is 73.5 Å². The summed E-state index contributed by atoms with van der Waals surface area (Å²) in [7, 11) is -1.59. The molecular formula is C22H25BrF4N2O4S. The maximum absolute atomic E-state index is 14.7. The molecule has 0 fully saturated rings. The van der Waals surface area contributed by atoms with Crippen LogP contribution >= 0.6 is 15.9 Å². The zero-order valence-electron chi connectivity index (χ0n) is 19.0. The first-order chi connectivity index (χ1) is 15.7. The Kier molecular flexibility index (Phi) is 9.23. The molecule has 2 aromatic rings. The van der Waals surface area contributed by atoms with E-state index in [0.717, 1.165) is 12.1 Å². The molecule has 2 atom stereocenters. The molecule has 1 aromatic carbocycles. The number of nitrogens with zero attached hydrogens (tertiary/aromatic N) is 1. The average Bonchev–Trinajstić information content (AvgIpc) is 2.71. The predicted octanol–water partition coefficient (Wildman–Crippen LogP) is 5.17. The fraction of sp³-hybridized carbons (Fsp3) is 0.455. The molecule has 0 saturated carbocycles. The van der Waals surface area contributed by atoms with Crippen LogP contribution in [0.1, 0.15) is 45.4 Å². The number of alkyl halides is 3. The highest BCUT2D eigenvalue weighted by Crippen LogP contribution is 2.40. The Morgan fingerprint density at radius 2 is 1.88 bits per heavy atom. The molecule has 6 nitrogen and oxygen atoms in total. The SMILES string of the molecule is CCOC(=O)C[C@](CN[S@](=O)C(C)(C)C)(c1ccc(OC(F)(F)F)c(F)c1)c1ncccc1Br. The van der Waals surface area contributed by atoms with Crippen molar-refractivity contribution in [1.82, 2.24) is 9.71 Å². The van der Waals surface area contributed by atoms with Crippen molar-refractivity contribution in [1.29, 1.82) is 0 Å². The topological polar surface area (TPSA) is 77.5 Å². The molecule has 0 aliphatic carbocycles. The normalized spacial score (nSPS) is 14.9. The Hall–Kier alpha value is -2.05. The van der Waals surface area contributed by atoms with Crippen LogP contribution in [0.5, 0.6) is 5.75 Å². The molecule has 34 heavy (non-hydrogen) atoms. The molecule has 0 aliphatic rings. The molecule has 1 heterocycles. The number of halogens is 5. The van der Waals surface area contributed by atoms with Crippen molar-refractivity contribution in [2.24, 2.45) is 0 Å². The predicted molar refractivity (Wildman–Crippen MR) is 123 cm³/mol. The van der Waals surface area contributed by atoms with Gasteiger partial charge >= 0.3 is 12.3 Å². The number of hydrogen-bond acceptors (Lipinski definition) is 5. The Bertz CT molecular complexity index is 1050. The van der Waals surface area contributed by atoms with Crippen LogP contribution in [0.3, 0.4) is 0 Å². The average molecular weight is 569 g/mol. The number of aromatic nitrogens is 1. The van der Waals surface area contributed by atoms with E-state index in [4.69, 9.17) is 4.74 Å². The third-order valence-corrected chi connectivity index (χ3v) is 6.89. The summed E-state index contributed by atoms with van der Waals surface area (Å²) in [6, 6.07) is 6.18. The van der Waals surface area contributed by atoms with E-state index in [-0.39, 0.29) is 30.8 Å². The molecule has 0 amide bonds. The Morgan fingerprint density at radius 3 is 2.41 bits per heavy atom. The quantitative estimate of drug-likeness (QED) is 0.333. The molecule has 1 N–H and O–H groups in total. The third kappa shape index (κ3) is 7.22. The van der Waals surface area contributed by atoms with Gasteiger partial charge in [0.1, 0.15) is 0 Å². The molecule has 2 rings (SSSR count). The highest BCUT2D eigenvalue weighted by Gasteiger charge is 2.42. The van der Waals surface area contributed by atoms with Gasteiger partial charge in [0.2, 0.25) is 0 Å². The van der Waals surface area contributed by atoms with E-state index in [1.54, 1.807) is 39.8 Å². The van der Waals surface area contributed by atoms with E-state index >= 15 is 0 Å². The Morgan fingerprint density at radius 1 is 1.21 bits per heavy atom. The van der Waals surface area contributed by atoms with Gasteiger partial charge in [-0.2, -0.15) is 0 Å². The number of benzene rings is 1. The summed E-state index contributed by atoms with van der Waals surface area (Å²) in [4.78, 5) is 17.0. The van der Waals surface area contributed by atoms with Crippen LogP contribution in [0.15, 0.2) is 41.0 Å². The van der Waals surface area contributed by atoms with Gasteiger partial charge in [-0.1, -0.05) is 6.07 Å². The number of ether oxygens (including phenoxy) is 2. The first kappa shape index (κ1) is 28.2. The van der Waals surface area contributed by atoms with Gasteiger partial charge < -0.3 is 9.47 Å². The number of nitrogens with one attached hydrogen (secondary N) is 1. The zero-order chi connectivity index (χ0) is 25.7. The van der Waals surface area contributed by atoms with E-state index in [1.165, 1.54) is 12.3 Å². The second-order valence-electron chi connectivity index (χ2n) is 8.29. The maximum atomic E-state index is 14.7. The molecular weight excluding hydrogens is 544 g/mol. The van der Waals surface area contributed by atoms with E-state index in [9.17, 15) is 26.6 Å². The Labute approximate surface area is 206 Å². The summed E-state index contributed by atoms with van der Waals surface area (Å²) in [6.07, 6.45) is -3.98. The Balaban J connectivity index is 2.71. The fourth-order valence-electron chi connectivity index (χ4n) is 3.18. The van der Waals surface area contributed by atoms with Crippen molar-refractivity contribution < 1.29 is 36.0 Å². The van der Waals surface area contributed by atoms with Crippen molar-refractivity contribution >= 4 is 32.9 Å². The highest BCUT2D eigenvalue weighted by atomic mass is 79.9. The van der Waals surface area contributed by atoms with Gasteiger partial charge in [0.25, 0.3) is 0 Å². The van der Waals surface area contributed by atoms with Crippen LogP contribution in [0, 0.1) is 5.82 Å². The third-order valence-electron chi connectivity index (χ3n) is 4.73. The van der Waals surface area contributed by atoms with Gasteiger partial charge in [-0.3, -0.25) is 9.78 Å². The number of esters is 1. The van der Waals surface area contributed by atoms with E-state index in [0.29, 0.717) is 4.47 Å². The van der Waals surface area contributed by atoms with Crippen LogP contribution in [-0.2, 0) is 25.9 Å². The van der Waals surface area contributed by atoms with Gasteiger partial charge in [-0.15, -0.1) is 13.2 Å². The lowest BCUT2D eigenvalue weighted by Gasteiger charge is -2.35. The summed E-state index contributed by atoms with van der Waals surface area (Å²) in [5, 5.41) is 0. The minimum atomic E-state index is -5.08. The van der Waals surface area contributed by atoms with E-state index in [1.807, 2.05) is 0 Å². The second kappa shape index (κ2) is 11.1. The lowest BCUT2D eigenvalue weighted by atomic mass is 9.74. The second-order valence-corrected chi connectivity index (χ2v) is 11.2. The molecule has 0 bridgehead atoms. The van der Waals surface area contributed by atoms with Crippen LogP contribution < -0.4 is 9.46 Å².